The van der Waals surface area contributed by atoms with Crippen molar-refractivity contribution in [1.29, 1.82) is 0 Å². The zero-order valence-electron chi connectivity index (χ0n) is 10.1. The van der Waals surface area contributed by atoms with Crippen molar-refractivity contribution in [2.24, 2.45) is 12.8 Å². The summed E-state index contributed by atoms with van der Waals surface area (Å²) in [4.78, 5) is 4.14. The Kier molecular flexibility index (Phi) is 2.57. The number of pyridine rings is 1. The molecule has 0 fully saturated rings. The molecule has 4 nitrogen and oxygen atoms in total. The van der Waals surface area contributed by atoms with Crippen LogP contribution >= 0.6 is 0 Å². The molecule has 18 heavy (non-hydrogen) atoms. The van der Waals surface area contributed by atoms with Gasteiger partial charge in [-0.1, -0.05) is 18.2 Å². The van der Waals surface area contributed by atoms with E-state index in [1.165, 1.54) is 0 Å². The topological polar surface area (TPSA) is 56.7 Å². The molecule has 1 aromatic carbocycles. The van der Waals surface area contributed by atoms with Crippen LogP contribution in [0.2, 0.25) is 0 Å². The third-order valence-electron chi connectivity index (χ3n) is 3.23. The van der Waals surface area contributed by atoms with E-state index in [0.29, 0.717) is 0 Å². The van der Waals surface area contributed by atoms with Crippen LogP contribution in [0.4, 0.5) is 0 Å². The molecule has 0 amide bonds. The van der Waals surface area contributed by atoms with Gasteiger partial charge in [-0.2, -0.15) is 5.10 Å². The molecule has 3 aromatic rings. The highest BCUT2D eigenvalue weighted by Crippen LogP contribution is 2.26. The Labute approximate surface area is 105 Å². The number of hydrogen-bond donors (Lipinski definition) is 1. The smallest absolute Gasteiger partial charge is 0.0729 e. The maximum Gasteiger partial charge on any atom is 0.0729 e. The van der Waals surface area contributed by atoms with Gasteiger partial charge in [0.1, 0.15) is 0 Å². The van der Waals surface area contributed by atoms with Crippen LogP contribution < -0.4 is 5.73 Å². The van der Waals surface area contributed by atoms with E-state index in [1.807, 2.05) is 42.2 Å². The predicted molar refractivity (Wildman–Crippen MR) is 71.0 cm³/mol. The van der Waals surface area contributed by atoms with Crippen LogP contribution in [0.15, 0.2) is 48.9 Å². The van der Waals surface area contributed by atoms with Gasteiger partial charge in [0, 0.05) is 31.0 Å². The van der Waals surface area contributed by atoms with E-state index < -0.39 is 0 Å². The monoisotopic (exact) mass is 238 g/mol. The summed E-state index contributed by atoms with van der Waals surface area (Å²) in [6, 6.07) is 9.88. The number of nitrogens with two attached hydrogens (primary N) is 1. The summed E-state index contributed by atoms with van der Waals surface area (Å²) >= 11 is 0. The van der Waals surface area contributed by atoms with E-state index in [0.717, 1.165) is 22.0 Å². The van der Waals surface area contributed by atoms with Gasteiger partial charge < -0.3 is 5.73 Å². The molecular formula is C14H14N4. The molecule has 0 radical (unpaired) electrons. The molecule has 0 spiro atoms. The fraction of sp³-hybridized carbons (Fsp3) is 0.143. The fourth-order valence-corrected chi connectivity index (χ4v) is 2.27. The molecule has 2 aromatic heterocycles. The van der Waals surface area contributed by atoms with Crippen molar-refractivity contribution in [1.82, 2.24) is 14.8 Å². The minimum absolute atomic E-state index is 0.177. The quantitative estimate of drug-likeness (QED) is 0.743. The third-order valence-corrected chi connectivity index (χ3v) is 3.23. The highest BCUT2D eigenvalue weighted by Gasteiger charge is 2.14. The van der Waals surface area contributed by atoms with Gasteiger partial charge in [-0.05, 0) is 23.1 Å². The van der Waals surface area contributed by atoms with Gasteiger partial charge in [-0.3, -0.25) is 9.67 Å². The van der Waals surface area contributed by atoms with Gasteiger partial charge in [0.2, 0.25) is 0 Å². The number of benzene rings is 1. The van der Waals surface area contributed by atoms with Crippen molar-refractivity contribution in [2.75, 3.05) is 0 Å². The summed E-state index contributed by atoms with van der Waals surface area (Å²) in [5.41, 5.74) is 8.44. The van der Waals surface area contributed by atoms with E-state index in [4.69, 9.17) is 5.73 Å². The summed E-state index contributed by atoms with van der Waals surface area (Å²) < 4.78 is 1.81. The maximum atomic E-state index is 6.35. The lowest BCUT2D eigenvalue weighted by Gasteiger charge is -2.14. The van der Waals surface area contributed by atoms with Crippen LogP contribution in [0.25, 0.3) is 10.8 Å². The van der Waals surface area contributed by atoms with Crippen molar-refractivity contribution in [2.45, 2.75) is 6.04 Å². The number of aryl methyl sites for hydroxylation is 1. The molecule has 90 valence electrons. The van der Waals surface area contributed by atoms with E-state index >= 15 is 0 Å². The van der Waals surface area contributed by atoms with Crippen molar-refractivity contribution < 1.29 is 0 Å². The second-order valence-electron chi connectivity index (χ2n) is 4.30. The Morgan fingerprint density at radius 1 is 1.17 bits per heavy atom. The molecular weight excluding hydrogens is 224 g/mol. The summed E-state index contributed by atoms with van der Waals surface area (Å²) in [5.74, 6) is 0. The average molecular weight is 238 g/mol. The number of hydrogen-bond acceptors (Lipinski definition) is 3. The number of fused-ring (bicyclic) bond motifs is 1. The molecule has 0 aliphatic heterocycles. The molecule has 0 bridgehead atoms. The van der Waals surface area contributed by atoms with Gasteiger partial charge in [-0.15, -0.1) is 0 Å². The van der Waals surface area contributed by atoms with Crippen molar-refractivity contribution >= 4 is 10.8 Å². The average Bonchev–Trinajstić information content (AvgIpc) is 2.83. The first-order valence-electron chi connectivity index (χ1n) is 5.83. The van der Waals surface area contributed by atoms with Crippen LogP contribution in [0.1, 0.15) is 17.3 Å². The largest absolute Gasteiger partial charge is 0.319 e. The Morgan fingerprint density at radius 3 is 2.83 bits per heavy atom. The molecule has 2 heterocycles. The first-order valence-corrected chi connectivity index (χ1v) is 5.83. The molecule has 3 rings (SSSR count). The Balaban J connectivity index is 2.18. The maximum absolute atomic E-state index is 6.35. The molecule has 0 saturated carbocycles. The predicted octanol–water partition coefficient (Wildman–Crippen LogP) is 2.02. The van der Waals surface area contributed by atoms with E-state index in [1.54, 1.807) is 12.4 Å². The van der Waals surface area contributed by atoms with Gasteiger partial charge in [0.25, 0.3) is 0 Å². The highest BCUT2D eigenvalue weighted by molar-refractivity contribution is 5.85. The van der Waals surface area contributed by atoms with Gasteiger partial charge in [0.05, 0.1) is 11.7 Å². The Hall–Kier alpha value is -2.20. The lowest BCUT2D eigenvalue weighted by Crippen LogP contribution is -2.16. The minimum atomic E-state index is -0.177. The molecule has 2 N–H and O–H groups in total. The lowest BCUT2D eigenvalue weighted by molar-refractivity contribution is 0.675. The van der Waals surface area contributed by atoms with Crippen molar-refractivity contribution in [3.05, 3.63) is 60.2 Å². The molecule has 4 heteroatoms. The summed E-state index contributed by atoms with van der Waals surface area (Å²) in [5, 5.41) is 6.41. The first-order chi connectivity index (χ1) is 8.77. The normalized spacial score (nSPS) is 12.8. The second kappa shape index (κ2) is 4.23. The van der Waals surface area contributed by atoms with E-state index in [2.05, 4.69) is 16.1 Å². The SMILES string of the molecule is Cn1nccc1C(N)c1cccc2cnccc12. The zero-order valence-corrected chi connectivity index (χ0v) is 10.1. The Bertz CT molecular complexity index is 682. The first kappa shape index (κ1) is 10.9. The second-order valence-corrected chi connectivity index (χ2v) is 4.30. The van der Waals surface area contributed by atoms with Crippen LogP contribution in [-0.4, -0.2) is 14.8 Å². The fourth-order valence-electron chi connectivity index (χ4n) is 2.27. The molecule has 1 atom stereocenters. The van der Waals surface area contributed by atoms with E-state index in [9.17, 15) is 0 Å². The molecule has 1 unspecified atom stereocenters. The minimum Gasteiger partial charge on any atom is -0.319 e. The third kappa shape index (κ3) is 1.67. The van der Waals surface area contributed by atoms with E-state index in [-0.39, 0.29) is 6.04 Å². The van der Waals surface area contributed by atoms with Crippen LogP contribution in [0.3, 0.4) is 0 Å². The van der Waals surface area contributed by atoms with Crippen molar-refractivity contribution in [3.63, 3.8) is 0 Å². The van der Waals surface area contributed by atoms with Gasteiger partial charge in [-0.25, -0.2) is 0 Å². The van der Waals surface area contributed by atoms with Crippen LogP contribution in [0.5, 0.6) is 0 Å². The van der Waals surface area contributed by atoms with Crippen molar-refractivity contribution in [3.8, 4) is 0 Å². The molecule has 0 aliphatic carbocycles. The van der Waals surface area contributed by atoms with Gasteiger partial charge in [0.15, 0.2) is 0 Å². The lowest BCUT2D eigenvalue weighted by atomic mass is 9.98. The summed E-state index contributed by atoms with van der Waals surface area (Å²) in [7, 11) is 1.90. The number of aromatic nitrogens is 3. The number of rotatable bonds is 2. The van der Waals surface area contributed by atoms with Crippen LogP contribution in [-0.2, 0) is 7.05 Å². The standard InChI is InChI=1S/C14H14N4/c1-18-13(6-8-17-18)14(15)12-4-2-3-10-9-16-7-5-11(10)12/h2-9,14H,15H2,1H3. The van der Waals surface area contributed by atoms with Gasteiger partial charge >= 0.3 is 0 Å². The molecule has 0 saturated heterocycles. The number of nitrogens with zero attached hydrogens (tertiary/aromatic N) is 3. The zero-order chi connectivity index (χ0) is 12.5. The Morgan fingerprint density at radius 2 is 2.06 bits per heavy atom. The highest BCUT2D eigenvalue weighted by atomic mass is 15.3. The van der Waals surface area contributed by atoms with Crippen LogP contribution in [0, 0.1) is 0 Å². The molecule has 0 aliphatic rings. The summed E-state index contributed by atoms with van der Waals surface area (Å²) in [6.45, 7) is 0. The summed E-state index contributed by atoms with van der Waals surface area (Å²) in [6.07, 6.45) is 5.42.